The van der Waals surface area contributed by atoms with Crippen LogP contribution in [0.3, 0.4) is 0 Å². The number of rotatable bonds is 7. The van der Waals surface area contributed by atoms with Gasteiger partial charge in [-0.3, -0.25) is 4.21 Å². The molecule has 20 heavy (non-hydrogen) atoms. The lowest BCUT2D eigenvalue weighted by Crippen LogP contribution is -2.27. The molecular weight excluding hydrogens is 266 g/mol. The predicted octanol–water partition coefficient (Wildman–Crippen LogP) is 3.13. The summed E-state index contributed by atoms with van der Waals surface area (Å²) in [6.45, 7) is 2.72. The normalized spacial score (nSPS) is 12.5. The molecule has 0 saturated heterocycles. The van der Waals surface area contributed by atoms with E-state index in [1.165, 1.54) is 11.1 Å². The van der Waals surface area contributed by atoms with Gasteiger partial charge in [-0.15, -0.1) is 0 Å². The van der Waals surface area contributed by atoms with E-state index in [0.717, 1.165) is 12.3 Å². The van der Waals surface area contributed by atoms with Crippen molar-refractivity contribution in [2.75, 3.05) is 18.1 Å². The van der Waals surface area contributed by atoms with Gasteiger partial charge in [0.1, 0.15) is 0 Å². The Hall–Kier alpha value is -1.45. The minimum atomic E-state index is -0.719. The molecule has 106 valence electrons. The first-order valence-electron chi connectivity index (χ1n) is 6.99. The number of nitrogens with one attached hydrogen (secondary N) is 1. The summed E-state index contributed by atoms with van der Waals surface area (Å²) in [7, 11) is -0.719. The molecule has 2 aromatic carbocycles. The van der Waals surface area contributed by atoms with E-state index in [4.69, 9.17) is 0 Å². The summed E-state index contributed by atoms with van der Waals surface area (Å²) in [6.07, 6.45) is 0. The molecule has 0 radical (unpaired) electrons. The lowest BCUT2D eigenvalue weighted by Gasteiger charge is -2.19. The average molecular weight is 287 g/mol. The molecule has 0 aliphatic carbocycles. The highest BCUT2D eigenvalue weighted by Crippen LogP contribution is 2.21. The Bertz CT molecular complexity index is 488. The molecule has 0 amide bonds. The second kappa shape index (κ2) is 7.98. The molecule has 0 fully saturated rings. The second-order valence-electron chi connectivity index (χ2n) is 4.64. The van der Waals surface area contributed by atoms with Gasteiger partial charge in [0.2, 0.25) is 0 Å². The Balaban J connectivity index is 2.11. The molecule has 1 N–H and O–H groups in total. The first-order valence-corrected chi connectivity index (χ1v) is 8.48. The minimum Gasteiger partial charge on any atom is -0.305 e. The fourth-order valence-corrected chi connectivity index (χ4v) is 2.81. The van der Waals surface area contributed by atoms with Gasteiger partial charge in [-0.05, 0) is 11.1 Å². The summed E-state index contributed by atoms with van der Waals surface area (Å²) in [5.41, 5.74) is 2.47. The summed E-state index contributed by atoms with van der Waals surface area (Å²) in [6, 6.07) is 20.9. The van der Waals surface area contributed by atoms with Crippen LogP contribution in [0.2, 0.25) is 0 Å². The van der Waals surface area contributed by atoms with Crippen molar-refractivity contribution in [3.8, 4) is 0 Å². The number of hydrogen-bond acceptors (Lipinski definition) is 2. The average Bonchev–Trinajstić information content (AvgIpc) is 2.53. The Morgan fingerprint density at radius 1 is 0.950 bits per heavy atom. The first-order chi connectivity index (χ1) is 9.81. The smallest absolute Gasteiger partial charge is 0.0577 e. The predicted molar refractivity (Wildman–Crippen MR) is 86.3 cm³/mol. The first kappa shape index (κ1) is 14.9. The van der Waals surface area contributed by atoms with Crippen LogP contribution >= 0.6 is 0 Å². The number of hydrogen-bond donors (Lipinski definition) is 1. The van der Waals surface area contributed by atoms with E-state index in [1.54, 1.807) is 0 Å². The molecule has 0 aliphatic rings. The van der Waals surface area contributed by atoms with Gasteiger partial charge in [0.15, 0.2) is 0 Å². The Kier molecular flexibility index (Phi) is 5.96. The van der Waals surface area contributed by atoms with Gasteiger partial charge >= 0.3 is 0 Å². The molecule has 2 aromatic rings. The minimum absolute atomic E-state index is 0.159. The van der Waals surface area contributed by atoms with E-state index < -0.39 is 10.8 Å². The maximum Gasteiger partial charge on any atom is 0.0577 e. The summed E-state index contributed by atoms with van der Waals surface area (Å²) in [5.74, 6) is 1.43. The maximum atomic E-state index is 11.5. The van der Waals surface area contributed by atoms with Crippen molar-refractivity contribution in [2.45, 2.75) is 13.0 Å². The van der Waals surface area contributed by atoms with E-state index >= 15 is 0 Å². The fourth-order valence-electron chi connectivity index (χ4n) is 2.18. The fraction of sp³-hybridized carbons (Fsp3) is 0.294. The van der Waals surface area contributed by atoms with Crippen LogP contribution in [0.4, 0.5) is 0 Å². The summed E-state index contributed by atoms with van der Waals surface area (Å²) in [4.78, 5) is 0. The van der Waals surface area contributed by atoms with Crippen LogP contribution in [0.25, 0.3) is 0 Å². The van der Waals surface area contributed by atoms with Gasteiger partial charge in [0.25, 0.3) is 0 Å². The standard InChI is InChI=1S/C17H21NOS/c1-2-20(19)14-13-18-17(15-9-5-3-6-10-15)16-11-7-4-8-12-16/h3-12,17-18H,2,13-14H2,1H3. The maximum absolute atomic E-state index is 11.5. The molecule has 3 heteroatoms. The highest BCUT2D eigenvalue weighted by atomic mass is 32.2. The Morgan fingerprint density at radius 3 is 1.90 bits per heavy atom. The molecule has 0 aromatic heterocycles. The quantitative estimate of drug-likeness (QED) is 0.847. The van der Waals surface area contributed by atoms with E-state index in [2.05, 4.69) is 53.8 Å². The van der Waals surface area contributed by atoms with Crippen LogP contribution in [-0.2, 0) is 10.8 Å². The molecular formula is C17H21NOS. The van der Waals surface area contributed by atoms with Crippen molar-refractivity contribution in [3.05, 3.63) is 71.8 Å². The van der Waals surface area contributed by atoms with E-state index in [9.17, 15) is 4.21 Å². The van der Waals surface area contributed by atoms with Crippen molar-refractivity contribution in [1.82, 2.24) is 5.32 Å². The van der Waals surface area contributed by atoms with Crippen LogP contribution in [0, 0.1) is 0 Å². The molecule has 1 atom stereocenters. The summed E-state index contributed by atoms with van der Waals surface area (Å²) >= 11 is 0. The van der Waals surface area contributed by atoms with Crippen LogP contribution in [0.5, 0.6) is 0 Å². The van der Waals surface area contributed by atoms with Gasteiger partial charge < -0.3 is 5.32 Å². The molecule has 0 aliphatic heterocycles. The van der Waals surface area contributed by atoms with Crippen LogP contribution in [0.15, 0.2) is 60.7 Å². The second-order valence-corrected chi connectivity index (χ2v) is 6.51. The Labute approximate surface area is 123 Å². The summed E-state index contributed by atoms with van der Waals surface area (Å²) in [5, 5.41) is 3.52. The monoisotopic (exact) mass is 287 g/mol. The zero-order chi connectivity index (χ0) is 14.2. The Morgan fingerprint density at radius 2 is 1.45 bits per heavy atom. The lowest BCUT2D eigenvalue weighted by atomic mass is 9.99. The van der Waals surface area contributed by atoms with Crippen molar-refractivity contribution in [3.63, 3.8) is 0 Å². The SMILES string of the molecule is CCS(=O)CCNC(c1ccccc1)c1ccccc1. The number of benzene rings is 2. The third-order valence-electron chi connectivity index (χ3n) is 3.27. The zero-order valence-electron chi connectivity index (χ0n) is 11.8. The van der Waals surface area contributed by atoms with E-state index in [0.29, 0.717) is 5.75 Å². The van der Waals surface area contributed by atoms with Crippen molar-refractivity contribution in [1.29, 1.82) is 0 Å². The molecule has 2 rings (SSSR count). The third-order valence-corrected chi connectivity index (χ3v) is 4.57. The van der Waals surface area contributed by atoms with E-state index in [1.807, 2.05) is 19.1 Å². The molecule has 1 unspecified atom stereocenters. The van der Waals surface area contributed by atoms with Crippen molar-refractivity contribution >= 4 is 10.8 Å². The lowest BCUT2D eigenvalue weighted by molar-refractivity contribution is 0.626. The molecule has 0 spiro atoms. The third kappa shape index (κ3) is 4.29. The molecule has 0 bridgehead atoms. The van der Waals surface area contributed by atoms with Gasteiger partial charge in [0.05, 0.1) is 6.04 Å². The van der Waals surface area contributed by atoms with E-state index in [-0.39, 0.29) is 6.04 Å². The molecule has 0 heterocycles. The highest BCUT2D eigenvalue weighted by molar-refractivity contribution is 7.84. The zero-order valence-corrected chi connectivity index (χ0v) is 12.6. The van der Waals surface area contributed by atoms with Crippen molar-refractivity contribution in [2.24, 2.45) is 0 Å². The topological polar surface area (TPSA) is 29.1 Å². The van der Waals surface area contributed by atoms with Crippen LogP contribution in [-0.4, -0.2) is 22.3 Å². The van der Waals surface area contributed by atoms with Gasteiger partial charge in [-0.2, -0.15) is 0 Å². The molecule has 0 saturated carbocycles. The summed E-state index contributed by atoms with van der Waals surface area (Å²) < 4.78 is 11.5. The van der Waals surface area contributed by atoms with Gasteiger partial charge in [0, 0.05) is 28.9 Å². The largest absolute Gasteiger partial charge is 0.305 e. The van der Waals surface area contributed by atoms with Gasteiger partial charge in [-0.1, -0.05) is 67.6 Å². The van der Waals surface area contributed by atoms with Crippen LogP contribution in [0.1, 0.15) is 24.1 Å². The van der Waals surface area contributed by atoms with Crippen molar-refractivity contribution < 1.29 is 4.21 Å². The molecule has 2 nitrogen and oxygen atoms in total. The van der Waals surface area contributed by atoms with Crippen LogP contribution < -0.4 is 5.32 Å². The highest BCUT2D eigenvalue weighted by Gasteiger charge is 2.12. The van der Waals surface area contributed by atoms with Gasteiger partial charge in [-0.25, -0.2) is 0 Å².